The summed E-state index contributed by atoms with van der Waals surface area (Å²) < 4.78 is 14.6. The normalized spacial score (nSPS) is 12.3. The van der Waals surface area contributed by atoms with Crippen molar-refractivity contribution >= 4 is 11.9 Å². The van der Waals surface area contributed by atoms with Gasteiger partial charge in [0.25, 0.3) is 0 Å². The van der Waals surface area contributed by atoms with Crippen LogP contribution in [0.2, 0.25) is 0 Å². The Kier molecular flexibility index (Phi) is 8.41. The van der Waals surface area contributed by atoms with Gasteiger partial charge >= 0.3 is 11.9 Å². The molecule has 94 valence electrons. The van der Waals surface area contributed by atoms with Gasteiger partial charge in [0.15, 0.2) is 6.10 Å². The average Bonchev–Trinajstić information content (AvgIpc) is 2.21. The van der Waals surface area contributed by atoms with Crippen molar-refractivity contribution in [3.05, 3.63) is 0 Å². The van der Waals surface area contributed by atoms with Crippen molar-refractivity contribution in [3.8, 4) is 0 Å². The lowest BCUT2D eigenvalue weighted by atomic mass is 10.4. The molecule has 0 rings (SSSR count). The molecule has 0 aliphatic carbocycles. The largest absolute Gasteiger partial charge is 0.480 e. The minimum Gasteiger partial charge on any atom is -0.480 e. The first kappa shape index (κ1) is 14.8. The highest BCUT2D eigenvalue weighted by Gasteiger charge is 2.09. The van der Waals surface area contributed by atoms with Crippen LogP contribution in [0.15, 0.2) is 0 Å². The van der Waals surface area contributed by atoms with Crippen LogP contribution in [0.4, 0.5) is 0 Å². The molecule has 7 heteroatoms. The van der Waals surface area contributed by atoms with E-state index in [4.69, 9.17) is 24.4 Å². The molecule has 1 atom stereocenters. The molecule has 0 amide bonds. The zero-order valence-electron chi connectivity index (χ0n) is 9.05. The Bertz CT molecular complexity index is 216. The van der Waals surface area contributed by atoms with Gasteiger partial charge in [0.1, 0.15) is 6.61 Å². The minimum atomic E-state index is -1.03. The highest BCUT2D eigenvalue weighted by atomic mass is 16.6. The molecule has 0 aromatic rings. The van der Waals surface area contributed by atoms with Crippen molar-refractivity contribution in [1.29, 1.82) is 0 Å². The zero-order valence-corrected chi connectivity index (χ0v) is 9.05. The highest BCUT2D eigenvalue weighted by Crippen LogP contribution is 1.90. The highest BCUT2D eigenvalue weighted by molar-refractivity contribution is 5.71. The van der Waals surface area contributed by atoms with Crippen LogP contribution < -0.4 is 0 Å². The second-order valence-corrected chi connectivity index (χ2v) is 2.91. The van der Waals surface area contributed by atoms with Crippen molar-refractivity contribution < 1.29 is 34.0 Å². The van der Waals surface area contributed by atoms with E-state index in [0.29, 0.717) is 0 Å². The van der Waals surface area contributed by atoms with Gasteiger partial charge in [-0.15, -0.1) is 0 Å². The Labute approximate surface area is 92.9 Å². The maximum Gasteiger partial charge on any atom is 0.332 e. The van der Waals surface area contributed by atoms with Gasteiger partial charge < -0.3 is 24.4 Å². The molecule has 16 heavy (non-hydrogen) atoms. The molecule has 1 unspecified atom stereocenters. The molecule has 0 spiro atoms. The number of aliphatic carboxylic acids is 2. The number of carbonyl (C=O) groups is 2. The van der Waals surface area contributed by atoms with Crippen LogP contribution in [0.25, 0.3) is 0 Å². The third kappa shape index (κ3) is 9.38. The number of carboxylic acids is 2. The monoisotopic (exact) mass is 236 g/mol. The lowest BCUT2D eigenvalue weighted by Crippen LogP contribution is -2.22. The molecule has 0 bridgehead atoms. The first-order valence-corrected chi connectivity index (χ1v) is 4.75. The number of hydrogen-bond acceptors (Lipinski definition) is 5. The van der Waals surface area contributed by atoms with Gasteiger partial charge in [0.2, 0.25) is 0 Å². The van der Waals surface area contributed by atoms with E-state index in [1.54, 1.807) is 0 Å². The molecule has 2 N–H and O–H groups in total. The SMILES string of the molecule is CC(OCCOCCOCC(=O)O)C(=O)O. The zero-order chi connectivity index (χ0) is 12.4. The smallest absolute Gasteiger partial charge is 0.332 e. The van der Waals surface area contributed by atoms with Gasteiger partial charge in [-0.3, -0.25) is 0 Å². The lowest BCUT2D eigenvalue weighted by Gasteiger charge is -2.08. The minimum absolute atomic E-state index is 0.173. The standard InChI is InChI=1S/C9H16O7/c1-7(9(12)13)16-5-4-14-2-3-15-6-8(10)11/h7H,2-6H2,1H3,(H,10,11)(H,12,13). The summed E-state index contributed by atoms with van der Waals surface area (Å²) in [6.45, 7) is 1.92. The molecule has 0 fully saturated rings. The van der Waals surface area contributed by atoms with Gasteiger partial charge in [-0.25, -0.2) is 9.59 Å². The van der Waals surface area contributed by atoms with E-state index >= 15 is 0 Å². The fraction of sp³-hybridized carbons (Fsp3) is 0.778. The summed E-state index contributed by atoms with van der Waals surface area (Å²) in [5.74, 6) is -2.05. The Hall–Kier alpha value is -1.18. The molecule has 0 radical (unpaired) electrons. The van der Waals surface area contributed by atoms with Crippen LogP contribution in [0.3, 0.4) is 0 Å². The Morgan fingerprint density at radius 2 is 1.62 bits per heavy atom. The van der Waals surface area contributed by atoms with E-state index in [0.717, 1.165) is 0 Å². The summed E-state index contributed by atoms with van der Waals surface area (Å²) >= 11 is 0. The van der Waals surface area contributed by atoms with Crippen molar-refractivity contribution in [2.45, 2.75) is 13.0 Å². The second-order valence-electron chi connectivity index (χ2n) is 2.91. The summed E-state index contributed by atoms with van der Waals surface area (Å²) in [5, 5.41) is 16.7. The van der Waals surface area contributed by atoms with Crippen molar-refractivity contribution in [2.24, 2.45) is 0 Å². The van der Waals surface area contributed by atoms with E-state index in [2.05, 4.69) is 0 Å². The van der Waals surface area contributed by atoms with Crippen LogP contribution >= 0.6 is 0 Å². The molecular formula is C9H16O7. The molecule has 0 aromatic heterocycles. The van der Waals surface area contributed by atoms with Gasteiger partial charge in [0.05, 0.1) is 26.4 Å². The molecule has 0 aliphatic heterocycles. The van der Waals surface area contributed by atoms with Crippen molar-refractivity contribution in [2.75, 3.05) is 33.0 Å². The molecule has 0 aliphatic rings. The van der Waals surface area contributed by atoms with Crippen LogP contribution in [0, 0.1) is 0 Å². The average molecular weight is 236 g/mol. The number of ether oxygens (including phenoxy) is 3. The molecule has 0 aromatic carbocycles. The summed E-state index contributed by atoms with van der Waals surface area (Å²) in [5.41, 5.74) is 0. The van der Waals surface area contributed by atoms with E-state index < -0.39 is 18.0 Å². The summed E-state index contributed by atoms with van der Waals surface area (Å²) in [7, 11) is 0. The van der Waals surface area contributed by atoms with Gasteiger partial charge in [0, 0.05) is 0 Å². The predicted octanol–water partition coefficient (Wildman–Crippen LogP) is -0.406. The summed E-state index contributed by atoms with van der Waals surface area (Å²) in [4.78, 5) is 20.4. The van der Waals surface area contributed by atoms with Gasteiger partial charge in [-0.2, -0.15) is 0 Å². The van der Waals surface area contributed by atoms with Crippen molar-refractivity contribution in [1.82, 2.24) is 0 Å². The Morgan fingerprint density at radius 3 is 2.19 bits per heavy atom. The number of rotatable bonds is 10. The quantitative estimate of drug-likeness (QED) is 0.497. The van der Waals surface area contributed by atoms with Crippen LogP contribution in [-0.4, -0.2) is 61.3 Å². The fourth-order valence-corrected chi connectivity index (χ4v) is 0.734. The summed E-state index contributed by atoms with van der Waals surface area (Å²) in [6.07, 6.45) is -0.855. The fourth-order valence-electron chi connectivity index (χ4n) is 0.734. The molecule has 7 nitrogen and oxygen atoms in total. The van der Waals surface area contributed by atoms with Crippen LogP contribution in [-0.2, 0) is 23.8 Å². The first-order chi connectivity index (χ1) is 7.54. The third-order valence-electron chi connectivity index (χ3n) is 1.54. The topological polar surface area (TPSA) is 102 Å². The first-order valence-electron chi connectivity index (χ1n) is 4.75. The Balaban J connectivity index is 3.15. The number of carboxylic acid groups (broad SMARTS) is 2. The van der Waals surface area contributed by atoms with E-state index in [9.17, 15) is 9.59 Å². The second kappa shape index (κ2) is 9.08. The molecular weight excluding hydrogens is 220 g/mol. The molecule has 0 saturated heterocycles. The third-order valence-corrected chi connectivity index (χ3v) is 1.54. The number of hydrogen-bond donors (Lipinski definition) is 2. The summed E-state index contributed by atoms with van der Waals surface area (Å²) in [6, 6.07) is 0. The van der Waals surface area contributed by atoms with Crippen molar-refractivity contribution in [3.63, 3.8) is 0 Å². The predicted molar refractivity (Wildman–Crippen MR) is 52.3 cm³/mol. The van der Waals surface area contributed by atoms with Gasteiger partial charge in [-0.1, -0.05) is 0 Å². The Morgan fingerprint density at radius 1 is 1.06 bits per heavy atom. The lowest BCUT2D eigenvalue weighted by molar-refractivity contribution is -0.150. The maximum atomic E-state index is 10.3. The van der Waals surface area contributed by atoms with Crippen LogP contribution in [0.1, 0.15) is 6.92 Å². The maximum absolute atomic E-state index is 10.3. The van der Waals surface area contributed by atoms with E-state index in [1.807, 2.05) is 0 Å². The van der Waals surface area contributed by atoms with Crippen LogP contribution in [0.5, 0.6) is 0 Å². The van der Waals surface area contributed by atoms with E-state index in [-0.39, 0.29) is 33.0 Å². The van der Waals surface area contributed by atoms with Gasteiger partial charge in [-0.05, 0) is 6.92 Å². The molecule has 0 saturated carbocycles. The molecule has 0 heterocycles. The van der Waals surface area contributed by atoms with E-state index in [1.165, 1.54) is 6.92 Å².